The minimum atomic E-state index is -1.02. The van der Waals surface area contributed by atoms with E-state index < -0.39 is 29.1 Å². The predicted molar refractivity (Wildman–Crippen MR) is 131 cm³/mol. The van der Waals surface area contributed by atoms with Crippen molar-refractivity contribution in [2.75, 3.05) is 28.6 Å². The van der Waals surface area contributed by atoms with E-state index in [1.54, 1.807) is 0 Å². The largest absolute Gasteiger partial charge is 0.342 e. The van der Waals surface area contributed by atoms with Crippen LogP contribution in [-0.4, -0.2) is 34.9 Å². The van der Waals surface area contributed by atoms with Crippen LogP contribution in [0.5, 0.6) is 0 Å². The van der Waals surface area contributed by atoms with Crippen molar-refractivity contribution in [1.82, 2.24) is 9.97 Å². The van der Waals surface area contributed by atoms with E-state index in [2.05, 4.69) is 32.7 Å². The third kappa shape index (κ3) is 5.08. The highest BCUT2D eigenvalue weighted by molar-refractivity contribution is 6.04. The van der Waals surface area contributed by atoms with Gasteiger partial charge in [-0.05, 0) is 48.9 Å². The second-order valence-corrected chi connectivity index (χ2v) is 9.08. The molecule has 5 rings (SSSR count). The quantitative estimate of drug-likeness (QED) is 0.524. The Kier molecular flexibility index (Phi) is 6.31. The second-order valence-electron chi connectivity index (χ2n) is 9.08. The summed E-state index contributed by atoms with van der Waals surface area (Å²) in [5.74, 6) is -1.45. The SMILES string of the molecule is O=C1C[C@@H](C(=O)Nc2cccc(F)c2)c2c(nc(N3CCC(Cc4ccccc4)CC3)[nH]c2=O)N1. The van der Waals surface area contributed by atoms with Gasteiger partial charge >= 0.3 is 0 Å². The number of rotatable bonds is 5. The highest BCUT2D eigenvalue weighted by atomic mass is 19.1. The van der Waals surface area contributed by atoms with Crippen molar-refractivity contribution < 1.29 is 14.0 Å². The Balaban J connectivity index is 1.32. The summed E-state index contributed by atoms with van der Waals surface area (Å²) >= 11 is 0. The van der Waals surface area contributed by atoms with Crippen LogP contribution < -0.4 is 21.1 Å². The number of aromatic amines is 1. The average molecular weight is 476 g/mol. The van der Waals surface area contributed by atoms with Crippen LogP contribution in [0.3, 0.4) is 0 Å². The molecule has 1 fully saturated rings. The number of fused-ring (bicyclic) bond motifs is 1. The molecule has 0 radical (unpaired) electrons. The Bertz CT molecular complexity index is 1300. The molecular formula is C26H26FN5O3. The zero-order valence-corrected chi connectivity index (χ0v) is 19.1. The zero-order chi connectivity index (χ0) is 24.4. The number of hydrogen-bond acceptors (Lipinski definition) is 5. The molecule has 3 aromatic rings. The van der Waals surface area contributed by atoms with E-state index in [0.717, 1.165) is 32.4 Å². The molecule has 0 unspecified atom stereocenters. The number of halogens is 1. The summed E-state index contributed by atoms with van der Waals surface area (Å²) in [7, 11) is 0. The second kappa shape index (κ2) is 9.69. The molecule has 2 amide bonds. The maximum absolute atomic E-state index is 13.5. The molecule has 0 saturated carbocycles. The smallest absolute Gasteiger partial charge is 0.258 e. The molecular weight excluding hydrogens is 449 g/mol. The molecule has 3 heterocycles. The van der Waals surface area contributed by atoms with Crippen LogP contribution in [0.25, 0.3) is 0 Å². The van der Waals surface area contributed by atoms with E-state index in [1.807, 2.05) is 23.1 Å². The maximum Gasteiger partial charge on any atom is 0.258 e. The Morgan fingerprint density at radius 2 is 1.86 bits per heavy atom. The fourth-order valence-corrected chi connectivity index (χ4v) is 4.83. The van der Waals surface area contributed by atoms with Gasteiger partial charge in [0, 0.05) is 25.2 Å². The predicted octanol–water partition coefficient (Wildman–Crippen LogP) is 3.43. The van der Waals surface area contributed by atoms with Gasteiger partial charge in [-0.3, -0.25) is 19.4 Å². The van der Waals surface area contributed by atoms with Gasteiger partial charge in [0.2, 0.25) is 17.8 Å². The minimum Gasteiger partial charge on any atom is -0.342 e. The Morgan fingerprint density at radius 1 is 1.09 bits per heavy atom. The van der Waals surface area contributed by atoms with Crippen LogP contribution in [0.4, 0.5) is 21.8 Å². The summed E-state index contributed by atoms with van der Waals surface area (Å²) in [5, 5.41) is 5.24. The summed E-state index contributed by atoms with van der Waals surface area (Å²) in [6.07, 6.45) is 2.74. The third-order valence-electron chi connectivity index (χ3n) is 6.63. The topological polar surface area (TPSA) is 107 Å². The standard InChI is InChI=1S/C26H26FN5O3/c27-18-7-4-8-19(14-18)28-24(34)20-15-21(33)29-23-22(20)25(35)31-26(30-23)32-11-9-17(10-12-32)13-16-5-2-1-3-6-16/h1-8,14,17,20H,9-13,15H2,(H,28,34)(H2,29,30,31,33,35)/t20-/m1/s1. The van der Waals surface area contributed by atoms with Gasteiger partial charge < -0.3 is 15.5 Å². The number of amides is 2. The lowest BCUT2D eigenvalue weighted by atomic mass is 9.90. The van der Waals surface area contributed by atoms with E-state index in [9.17, 15) is 18.8 Å². The van der Waals surface area contributed by atoms with Gasteiger partial charge in [-0.15, -0.1) is 0 Å². The highest BCUT2D eigenvalue weighted by Gasteiger charge is 2.35. The van der Waals surface area contributed by atoms with Gasteiger partial charge in [0.15, 0.2) is 0 Å². The first-order chi connectivity index (χ1) is 17.0. The van der Waals surface area contributed by atoms with Gasteiger partial charge in [0.05, 0.1) is 11.5 Å². The molecule has 35 heavy (non-hydrogen) atoms. The molecule has 180 valence electrons. The molecule has 2 aliphatic heterocycles. The fraction of sp³-hybridized carbons (Fsp3) is 0.308. The van der Waals surface area contributed by atoms with Crippen molar-refractivity contribution in [3.05, 3.63) is 81.9 Å². The van der Waals surface area contributed by atoms with Crippen LogP contribution in [0.2, 0.25) is 0 Å². The Labute approximate surface area is 201 Å². The number of piperidine rings is 1. The first kappa shape index (κ1) is 22.8. The number of nitrogens with one attached hydrogen (secondary N) is 3. The summed E-state index contributed by atoms with van der Waals surface area (Å²) in [5.41, 5.74) is 1.22. The third-order valence-corrected chi connectivity index (χ3v) is 6.63. The summed E-state index contributed by atoms with van der Waals surface area (Å²) < 4.78 is 13.5. The molecule has 1 atom stereocenters. The lowest BCUT2D eigenvalue weighted by Gasteiger charge is -2.33. The van der Waals surface area contributed by atoms with Crippen molar-refractivity contribution in [1.29, 1.82) is 0 Å². The monoisotopic (exact) mass is 475 g/mol. The zero-order valence-electron chi connectivity index (χ0n) is 19.1. The van der Waals surface area contributed by atoms with E-state index in [-0.39, 0.29) is 23.5 Å². The number of carbonyl (C=O) groups excluding carboxylic acids is 2. The lowest BCUT2D eigenvalue weighted by molar-refractivity contribution is -0.123. The van der Waals surface area contributed by atoms with Crippen LogP contribution >= 0.6 is 0 Å². The number of aromatic nitrogens is 2. The van der Waals surface area contributed by atoms with Gasteiger partial charge in [-0.1, -0.05) is 36.4 Å². The molecule has 2 aliphatic rings. The van der Waals surface area contributed by atoms with Crippen molar-refractivity contribution in [2.45, 2.75) is 31.6 Å². The van der Waals surface area contributed by atoms with Crippen LogP contribution in [0, 0.1) is 11.7 Å². The summed E-state index contributed by atoms with van der Waals surface area (Å²) in [4.78, 5) is 47.6. The van der Waals surface area contributed by atoms with Gasteiger partial charge in [0.25, 0.3) is 5.56 Å². The number of hydrogen-bond donors (Lipinski definition) is 3. The lowest BCUT2D eigenvalue weighted by Crippen LogP contribution is -2.40. The maximum atomic E-state index is 13.5. The molecule has 1 aromatic heterocycles. The summed E-state index contributed by atoms with van der Waals surface area (Å²) in [6.45, 7) is 1.47. The van der Waals surface area contributed by atoms with E-state index in [0.29, 0.717) is 11.9 Å². The first-order valence-electron chi connectivity index (χ1n) is 11.8. The van der Waals surface area contributed by atoms with E-state index in [4.69, 9.17) is 0 Å². The number of nitrogens with zero attached hydrogens (tertiary/aromatic N) is 2. The fourth-order valence-electron chi connectivity index (χ4n) is 4.83. The molecule has 0 spiro atoms. The van der Waals surface area contributed by atoms with Gasteiger partial charge in [0.1, 0.15) is 11.6 Å². The molecule has 9 heteroatoms. The number of carbonyl (C=O) groups is 2. The van der Waals surface area contributed by atoms with Crippen molar-refractivity contribution in [2.24, 2.45) is 5.92 Å². The van der Waals surface area contributed by atoms with Gasteiger partial charge in [-0.2, -0.15) is 4.98 Å². The number of H-pyrrole nitrogens is 1. The normalized spacial score (nSPS) is 18.0. The number of anilines is 3. The summed E-state index contributed by atoms with van der Waals surface area (Å²) in [6, 6.07) is 15.8. The van der Waals surface area contributed by atoms with Crippen LogP contribution in [0.1, 0.15) is 36.3 Å². The Morgan fingerprint density at radius 3 is 2.60 bits per heavy atom. The molecule has 3 N–H and O–H groups in total. The minimum absolute atomic E-state index is 0.103. The molecule has 8 nitrogen and oxygen atoms in total. The highest BCUT2D eigenvalue weighted by Crippen LogP contribution is 2.31. The van der Waals surface area contributed by atoms with E-state index >= 15 is 0 Å². The van der Waals surface area contributed by atoms with Crippen molar-refractivity contribution in [3.63, 3.8) is 0 Å². The molecule has 1 saturated heterocycles. The van der Waals surface area contributed by atoms with Crippen LogP contribution in [0.15, 0.2) is 59.4 Å². The number of benzene rings is 2. The molecule has 2 aromatic carbocycles. The molecule has 0 aliphatic carbocycles. The first-order valence-corrected chi connectivity index (χ1v) is 11.8. The van der Waals surface area contributed by atoms with Crippen LogP contribution in [-0.2, 0) is 16.0 Å². The van der Waals surface area contributed by atoms with Gasteiger partial charge in [-0.25, -0.2) is 4.39 Å². The molecule has 0 bridgehead atoms. The Hall–Kier alpha value is -4.01. The van der Waals surface area contributed by atoms with Crippen molar-refractivity contribution >= 4 is 29.3 Å². The average Bonchev–Trinajstić information content (AvgIpc) is 2.84. The van der Waals surface area contributed by atoms with Crippen molar-refractivity contribution in [3.8, 4) is 0 Å². The van der Waals surface area contributed by atoms with E-state index in [1.165, 1.54) is 29.8 Å².